The van der Waals surface area contributed by atoms with Crippen molar-refractivity contribution in [2.75, 3.05) is 6.54 Å². The Balaban J connectivity index is 1.78. The second-order valence-corrected chi connectivity index (χ2v) is 6.22. The molecule has 0 spiro atoms. The Kier molecular flexibility index (Phi) is 6.12. The molecule has 0 saturated heterocycles. The second kappa shape index (κ2) is 8.08. The van der Waals surface area contributed by atoms with Gasteiger partial charge in [-0.3, -0.25) is 9.59 Å². The predicted molar refractivity (Wildman–Crippen MR) is 82.8 cm³/mol. The highest BCUT2D eigenvalue weighted by atomic mass is 16.5. The standard InChI is InChI=1S/C16H25N3O4/c1-3-5-13-17-14(23-18-13)6-4-7-15(20)19(12-8-9-12)10-11(2)16(21)22/h11-12H,3-10H2,1-2H3,(H,21,22). The van der Waals surface area contributed by atoms with E-state index in [9.17, 15) is 9.59 Å². The summed E-state index contributed by atoms with van der Waals surface area (Å²) in [6.07, 6.45) is 5.31. The molecule has 7 heteroatoms. The van der Waals surface area contributed by atoms with E-state index in [0.717, 1.165) is 25.7 Å². The lowest BCUT2D eigenvalue weighted by atomic mass is 10.1. The third-order valence-electron chi connectivity index (χ3n) is 3.97. The lowest BCUT2D eigenvalue weighted by Crippen LogP contribution is -2.38. The SMILES string of the molecule is CCCc1noc(CCCC(=O)N(CC(C)C(=O)O)C2CC2)n1. The van der Waals surface area contributed by atoms with Crippen LogP contribution in [0.5, 0.6) is 0 Å². The molecule has 1 fully saturated rings. The first kappa shape index (κ1) is 17.4. The molecule has 2 rings (SSSR count). The summed E-state index contributed by atoms with van der Waals surface area (Å²) in [6, 6.07) is 0.226. The molecule has 1 aromatic heterocycles. The molecule has 23 heavy (non-hydrogen) atoms. The number of carbonyl (C=O) groups is 2. The van der Waals surface area contributed by atoms with Crippen LogP contribution in [0.15, 0.2) is 4.52 Å². The molecule has 1 atom stereocenters. The number of aliphatic carboxylic acids is 1. The fourth-order valence-corrected chi connectivity index (χ4v) is 2.47. The summed E-state index contributed by atoms with van der Waals surface area (Å²) in [5.41, 5.74) is 0. The maximum Gasteiger partial charge on any atom is 0.308 e. The van der Waals surface area contributed by atoms with E-state index in [1.165, 1.54) is 0 Å². The van der Waals surface area contributed by atoms with Crippen LogP contribution in [-0.2, 0) is 22.4 Å². The van der Waals surface area contributed by atoms with Crippen LogP contribution in [0.1, 0.15) is 57.7 Å². The topological polar surface area (TPSA) is 96.5 Å². The van der Waals surface area contributed by atoms with Crippen molar-refractivity contribution in [2.24, 2.45) is 5.92 Å². The minimum Gasteiger partial charge on any atom is -0.481 e. The van der Waals surface area contributed by atoms with Crippen LogP contribution in [0.2, 0.25) is 0 Å². The van der Waals surface area contributed by atoms with Crippen molar-refractivity contribution in [3.63, 3.8) is 0 Å². The monoisotopic (exact) mass is 323 g/mol. The number of carboxylic acids is 1. The summed E-state index contributed by atoms with van der Waals surface area (Å²) in [6.45, 7) is 3.98. The molecular weight excluding hydrogens is 298 g/mol. The Morgan fingerprint density at radius 2 is 2.13 bits per heavy atom. The van der Waals surface area contributed by atoms with E-state index in [1.54, 1.807) is 11.8 Å². The summed E-state index contributed by atoms with van der Waals surface area (Å²) in [5.74, 6) is -0.0967. The molecular formula is C16H25N3O4. The average molecular weight is 323 g/mol. The van der Waals surface area contributed by atoms with Gasteiger partial charge in [-0.1, -0.05) is 19.0 Å². The minimum absolute atomic E-state index is 0.0221. The summed E-state index contributed by atoms with van der Waals surface area (Å²) in [7, 11) is 0. The number of carbonyl (C=O) groups excluding carboxylic acids is 1. The Morgan fingerprint density at radius 1 is 1.39 bits per heavy atom. The molecule has 1 amide bonds. The smallest absolute Gasteiger partial charge is 0.308 e. The Bertz CT molecular complexity index is 539. The minimum atomic E-state index is -0.863. The molecule has 7 nitrogen and oxygen atoms in total. The Hall–Kier alpha value is -1.92. The normalized spacial score (nSPS) is 15.4. The fraction of sp³-hybridized carbons (Fsp3) is 0.750. The molecule has 1 saturated carbocycles. The highest BCUT2D eigenvalue weighted by molar-refractivity contribution is 5.78. The van der Waals surface area contributed by atoms with Crippen molar-refractivity contribution < 1.29 is 19.2 Å². The number of carboxylic acid groups (broad SMARTS) is 1. The first-order valence-electron chi connectivity index (χ1n) is 8.35. The number of rotatable bonds is 10. The fourth-order valence-electron chi connectivity index (χ4n) is 2.47. The molecule has 1 aliphatic carbocycles. The van der Waals surface area contributed by atoms with E-state index in [1.807, 2.05) is 0 Å². The van der Waals surface area contributed by atoms with Crippen LogP contribution in [-0.4, -0.2) is 44.6 Å². The van der Waals surface area contributed by atoms with Crippen LogP contribution >= 0.6 is 0 Å². The van der Waals surface area contributed by atoms with E-state index in [2.05, 4.69) is 17.1 Å². The summed E-state index contributed by atoms with van der Waals surface area (Å²) < 4.78 is 5.15. The van der Waals surface area contributed by atoms with Crippen molar-refractivity contribution >= 4 is 11.9 Å². The number of aromatic nitrogens is 2. The summed E-state index contributed by atoms with van der Waals surface area (Å²) in [4.78, 5) is 29.3. The van der Waals surface area contributed by atoms with E-state index in [4.69, 9.17) is 9.63 Å². The first-order chi connectivity index (χ1) is 11.0. The highest BCUT2D eigenvalue weighted by Crippen LogP contribution is 2.28. The first-order valence-corrected chi connectivity index (χ1v) is 8.35. The van der Waals surface area contributed by atoms with Crippen LogP contribution in [0, 0.1) is 5.92 Å². The van der Waals surface area contributed by atoms with Crippen molar-refractivity contribution in [1.29, 1.82) is 0 Å². The highest BCUT2D eigenvalue weighted by Gasteiger charge is 2.34. The van der Waals surface area contributed by atoms with Gasteiger partial charge in [-0.05, 0) is 25.7 Å². The van der Waals surface area contributed by atoms with Crippen molar-refractivity contribution in [1.82, 2.24) is 15.0 Å². The van der Waals surface area contributed by atoms with E-state index < -0.39 is 11.9 Å². The third kappa shape index (κ3) is 5.33. The van der Waals surface area contributed by atoms with Crippen molar-refractivity contribution in [3.8, 4) is 0 Å². The van der Waals surface area contributed by atoms with Gasteiger partial charge in [-0.2, -0.15) is 4.98 Å². The van der Waals surface area contributed by atoms with Crippen molar-refractivity contribution in [2.45, 2.75) is 64.8 Å². The number of nitrogens with zero attached hydrogens (tertiary/aromatic N) is 3. The quantitative estimate of drug-likeness (QED) is 0.708. The van der Waals surface area contributed by atoms with Crippen LogP contribution < -0.4 is 0 Å². The van der Waals surface area contributed by atoms with Crippen molar-refractivity contribution in [3.05, 3.63) is 11.7 Å². The number of aryl methyl sites for hydroxylation is 2. The van der Waals surface area contributed by atoms with Gasteiger partial charge in [-0.25, -0.2) is 0 Å². The summed E-state index contributed by atoms with van der Waals surface area (Å²) in [5, 5.41) is 12.9. The number of amides is 1. The zero-order valence-corrected chi connectivity index (χ0v) is 13.8. The maximum absolute atomic E-state index is 12.3. The zero-order valence-electron chi connectivity index (χ0n) is 13.8. The number of hydrogen-bond donors (Lipinski definition) is 1. The van der Waals surface area contributed by atoms with Crippen LogP contribution in [0.4, 0.5) is 0 Å². The molecule has 0 bridgehead atoms. The molecule has 1 aromatic rings. The van der Waals surface area contributed by atoms with E-state index in [0.29, 0.717) is 37.5 Å². The molecule has 0 aliphatic heterocycles. The van der Waals surface area contributed by atoms with Gasteiger partial charge >= 0.3 is 5.97 Å². The van der Waals surface area contributed by atoms with Gasteiger partial charge < -0.3 is 14.5 Å². The zero-order chi connectivity index (χ0) is 16.8. The molecule has 128 valence electrons. The lowest BCUT2D eigenvalue weighted by Gasteiger charge is -2.24. The molecule has 1 heterocycles. The van der Waals surface area contributed by atoms with Gasteiger partial charge in [-0.15, -0.1) is 0 Å². The lowest BCUT2D eigenvalue weighted by molar-refractivity contribution is -0.143. The second-order valence-electron chi connectivity index (χ2n) is 6.22. The Morgan fingerprint density at radius 3 is 2.74 bits per heavy atom. The Labute approximate surface area is 136 Å². The molecule has 0 aromatic carbocycles. The molecule has 1 unspecified atom stereocenters. The van der Waals surface area contributed by atoms with Crippen LogP contribution in [0.25, 0.3) is 0 Å². The van der Waals surface area contributed by atoms with Gasteiger partial charge in [0.05, 0.1) is 5.92 Å². The van der Waals surface area contributed by atoms with Gasteiger partial charge in [0.25, 0.3) is 0 Å². The molecule has 0 radical (unpaired) electrons. The van der Waals surface area contributed by atoms with Crippen LogP contribution in [0.3, 0.4) is 0 Å². The molecule has 1 N–H and O–H groups in total. The maximum atomic E-state index is 12.3. The van der Waals surface area contributed by atoms with Gasteiger partial charge in [0.1, 0.15) is 0 Å². The van der Waals surface area contributed by atoms with E-state index >= 15 is 0 Å². The number of hydrogen-bond acceptors (Lipinski definition) is 5. The molecule has 1 aliphatic rings. The van der Waals surface area contributed by atoms with E-state index in [-0.39, 0.29) is 11.9 Å². The third-order valence-corrected chi connectivity index (χ3v) is 3.97. The summed E-state index contributed by atoms with van der Waals surface area (Å²) >= 11 is 0. The van der Waals surface area contributed by atoms with Gasteiger partial charge in [0.15, 0.2) is 5.82 Å². The average Bonchev–Trinajstić information content (AvgIpc) is 3.25. The van der Waals surface area contributed by atoms with Gasteiger partial charge in [0, 0.05) is 31.8 Å². The van der Waals surface area contributed by atoms with Gasteiger partial charge in [0.2, 0.25) is 11.8 Å². The largest absolute Gasteiger partial charge is 0.481 e. The predicted octanol–water partition coefficient (Wildman–Crippen LogP) is 2.06.